The molecule has 0 radical (unpaired) electrons. The molecular formula is C12H16ClFN4. The highest BCUT2D eigenvalue weighted by molar-refractivity contribution is 6.30. The molecule has 0 atom stereocenters. The van der Waals surface area contributed by atoms with Crippen molar-refractivity contribution in [3.05, 3.63) is 28.8 Å². The van der Waals surface area contributed by atoms with E-state index in [1.54, 1.807) is 27.0 Å². The van der Waals surface area contributed by atoms with Gasteiger partial charge in [-0.05, 0) is 20.8 Å². The summed E-state index contributed by atoms with van der Waals surface area (Å²) in [7, 11) is 0. The zero-order valence-corrected chi connectivity index (χ0v) is 11.5. The molecule has 0 aromatic carbocycles. The Balaban J connectivity index is 2.78. The van der Waals surface area contributed by atoms with Gasteiger partial charge in [-0.2, -0.15) is 5.12 Å². The lowest BCUT2D eigenvalue weighted by Gasteiger charge is -2.15. The summed E-state index contributed by atoms with van der Waals surface area (Å²) >= 11 is 5.89. The molecule has 1 aromatic heterocycles. The number of aromatic nitrogens is 2. The van der Waals surface area contributed by atoms with Crippen molar-refractivity contribution in [2.24, 2.45) is 4.99 Å². The van der Waals surface area contributed by atoms with Crippen molar-refractivity contribution in [1.29, 1.82) is 0 Å². The van der Waals surface area contributed by atoms with Crippen molar-refractivity contribution in [1.82, 2.24) is 9.97 Å². The molecule has 0 spiro atoms. The van der Waals surface area contributed by atoms with Gasteiger partial charge in [0.25, 0.3) is 0 Å². The quantitative estimate of drug-likeness (QED) is 0.468. The largest absolute Gasteiger partial charge is 0.267 e. The predicted octanol–water partition coefficient (Wildman–Crippen LogP) is 3.43. The van der Waals surface area contributed by atoms with E-state index in [9.17, 15) is 4.48 Å². The van der Waals surface area contributed by atoms with Crippen molar-refractivity contribution in [2.45, 2.75) is 27.2 Å². The van der Waals surface area contributed by atoms with E-state index in [2.05, 4.69) is 21.5 Å². The second-order valence-corrected chi connectivity index (χ2v) is 4.16. The van der Waals surface area contributed by atoms with Gasteiger partial charge in [-0.3, -0.25) is 4.99 Å². The Morgan fingerprint density at radius 3 is 2.78 bits per heavy atom. The Morgan fingerprint density at radius 2 is 2.17 bits per heavy atom. The van der Waals surface area contributed by atoms with E-state index in [1.165, 1.54) is 0 Å². The summed E-state index contributed by atoms with van der Waals surface area (Å²) in [6.45, 7) is 8.99. The Kier molecular flexibility index (Phi) is 5.22. The number of aliphatic imine (C=N–C) groups is 1. The molecule has 0 aliphatic carbocycles. The van der Waals surface area contributed by atoms with Crippen molar-refractivity contribution in [2.75, 3.05) is 11.7 Å². The number of rotatable bonds is 5. The summed E-state index contributed by atoms with van der Waals surface area (Å²) in [6, 6.07) is 0. The van der Waals surface area contributed by atoms with Gasteiger partial charge in [0.2, 0.25) is 0 Å². The third kappa shape index (κ3) is 3.77. The number of halogens is 2. The van der Waals surface area contributed by atoms with E-state index in [0.717, 1.165) is 0 Å². The van der Waals surface area contributed by atoms with Gasteiger partial charge >= 0.3 is 0 Å². The van der Waals surface area contributed by atoms with Crippen molar-refractivity contribution >= 4 is 23.6 Å². The first kappa shape index (κ1) is 14.6. The highest BCUT2D eigenvalue weighted by atomic mass is 35.5. The maximum Gasteiger partial charge on any atom is 0.165 e. The Bertz CT molecular complexity index is 473. The summed E-state index contributed by atoms with van der Waals surface area (Å²) in [5, 5.41) is 0.817. The van der Waals surface area contributed by atoms with Gasteiger partial charge in [-0.15, -0.1) is 0 Å². The first-order chi connectivity index (χ1) is 8.45. The minimum absolute atomic E-state index is 0.129. The summed E-state index contributed by atoms with van der Waals surface area (Å²) in [5.41, 5.74) is 1.14. The van der Waals surface area contributed by atoms with Crippen LogP contribution in [0.5, 0.6) is 0 Å². The molecule has 0 amide bonds. The Morgan fingerprint density at radius 1 is 1.50 bits per heavy atom. The number of hydrogen-bond donors (Lipinski definition) is 0. The Hall–Kier alpha value is -1.49. The fourth-order valence-corrected chi connectivity index (χ4v) is 1.60. The van der Waals surface area contributed by atoms with E-state index in [1.807, 2.05) is 0 Å². The number of aryl methyl sites for hydroxylation is 1. The van der Waals surface area contributed by atoms with Gasteiger partial charge in [0, 0.05) is 23.9 Å². The van der Waals surface area contributed by atoms with Gasteiger partial charge in [-0.25, -0.2) is 9.97 Å². The number of anilines is 1. The Labute approximate surface area is 111 Å². The fourth-order valence-electron chi connectivity index (χ4n) is 1.40. The van der Waals surface area contributed by atoms with Crippen LogP contribution in [0.1, 0.15) is 24.7 Å². The lowest BCUT2D eigenvalue weighted by molar-refractivity contribution is 0.427. The maximum absolute atomic E-state index is 13.9. The van der Waals surface area contributed by atoms with Crippen LogP contribution < -0.4 is 5.12 Å². The average molecular weight is 271 g/mol. The molecular weight excluding hydrogens is 255 g/mol. The predicted molar refractivity (Wildman–Crippen MR) is 72.9 cm³/mol. The molecule has 18 heavy (non-hydrogen) atoms. The molecule has 0 aliphatic heterocycles. The van der Waals surface area contributed by atoms with Crippen LogP contribution >= 0.6 is 11.6 Å². The lowest BCUT2D eigenvalue weighted by Crippen LogP contribution is -2.17. The lowest BCUT2D eigenvalue weighted by atomic mass is 10.3. The number of hydrogen-bond acceptors (Lipinski definition) is 4. The highest BCUT2D eigenvalue weighted by Gasteiger charge is 2.14. The first-order valence-corrected chi connectivity index (χ1v) is 5.94. The maximum atomic E-state index is 13.9. The molecule has 1 rings (SSSR count). The smallest absolute Gasteiger partial charge is 0.165 e. The molecule has 0 bridgehead atoms. The third-order valence-corrected chi connectivity index (χ3v) is 2.68. The van der Waals surface area contributed by atoms with Crippen LogP contribution in [0.4, 0.5) is 10.3 Å². The first-order valence-electron chi connectivity index (χ1n) is 5.56. The molecule has 0 N–H and O–H groups in total. The van der Waals surface area contributed by atoms with Crippen LogP contribution in [0.25, 0.3) is 0 Å². The summed E-state index contributed by atoms with van der Waals surface area (Å²) in [5.74, 6) is 0.634. The molecule has 1 aromatic rings. The molecule has 0 unspecified atom stereocenters. The average Bonchev–Trinajstić information content (AvgIpc) is 2.31. The van der Waals surface area contributed by atoms with Gasteiger partial charge < -0.3 is 0 Å². The monoisotopic (exact) mass is 270 g/mol. The summed E-state index contributed by atoms with van der Waals surface area (Å²) < 4.78 is 13.9. The number of nitrogens with zero attached hydrogens (tertiary/aromatic N) is 4. The van der Waals surface area contributed by atoms with E-state index >= 15 is 0 Å². The minimum Gasteiger partial charge on any atom is -0.267 e. The van der Waals surface area contributed by atoms with Crippen molar-refractivity contribution < 1.29 is 4.48 Å². The molecule has 0 saturated heterocycles. The van der Waals surface area contributed by atoms with Crippen LogP contribution in [-0.2, 0) is 0 Å². The molecule has 1 heterocycles. The van der Waals surface area contributed by atoms with Crippen molar-refractivity contribution in [3.63, 3.8) is 0 Å². The van der Waals surface area contributed by atoms with E-state index < -0.39 is 0 Å². The van der Waals surface area contributed by atoms with Gasteiger partial charge in [0.05, 0.1) is 6.54 Å². The van der Waals surface area contributed by atoms with Crippen LogP contribution in [-0.4, -0.2) is 22.7 Å². The van der Waals surface area contributed by atoms with E-state index in [0.29, 0.717) is 28.6 Å². The van der Waals surface area contributed by atoms with Crippen LogP contribution in [0.15, 0.2) is 17.3 Å². The van der Waals surface area contributed by atoms with Crippen LogP contribution in [0.3, 0.4) is 0 Å². The van der Waals surface area contributed by atoms with Crippen molar-refractivity contribution in [3.8, 4) is 0 Å². The summed E-state index contributed by atoms with van der Waals surface area (Å²) in [6.07, 6.45) is 2.04. The normalized spacial score (nSPS) is 10.9. The van der Waals surface area contributed by atoms with Gasteiger partial charge in [0.15, 0.2) is 5.82 Å². The van der Waals surface area contributed by atoms with Gasteiger partial charge in [0.1, 0.15) is 11.0 Å². The second-order valence-electron chi connectivity index (χ2n) is 3.80. The topological polar surface area (TPSA) is 41.4 Å². The zero-order chi connectivity index (χ0) is 13.7. The van der Waals surface area contributed by atoms with E-state index in [-0.39, 0.29) is 17.5 Å². The van der Waals surface area contributed by atoms with Crippen LogP contribution in [0, 0.1) is 13.8 Å². The molecule has 0 saturated carbocycles. The molecule has 0 aliphatic rings. The second kappa shape index (κ2) is 6.44. The molecule has 0 fully saturated rings. The zero-order valence-electron chi connectivity index (χ0n) is 10.7. The van der Waals surface area contributed by atoms with Gasteiger partial charge in [-0.1, -0.05) is 22.7 Å². The van der Waals surface area contributed by atoms with E-state index in [4.69, 9.17) is 11.6 Å². The molecule has 98 valence electrons. The van der Waals surface area contributed by atoms with Crippen LogP contribution in [0.2, 0.25) is 5.15 Å². The molecule has 4 nitrogen and oxygen atoms in total. The SMILES string of the molecule is C=C(CCN(F)c1nc(C)nc(Cl)c1C)N=CC. The minimum atomic E-state index is 0.129. The third-order valence-electron chi connectivity index (χ3n) is 2.31. The fraction of sp³-hybridized carbons (Fsp3) is 0.417. The highest BCUT2D eigenvalue weighted by Crippen LogP contribution is 2.24. The standard InChI is InChI=1S/C12H16ClFN4/c1-5-15-8(2)6-7-18(14)12-9(3)11(13)16-10(4)17-12/h5H,2,6-7H2,1,3-4H3. The molecule has 6 heteroatoms. The summed E-state index contributed by atoms with van der Waals surface area (Å²) in [4.78, 5) is 12.0.